The average Bonchev–Trinajstić information content (AvgIpc) is 3.72. The highest BCUT2D eigenvalue weighted by molar-refractivity contribution is 6.20. The van der Waals surface area contributed by atoms with E-state index in [1.54, 1.807) is 0 Å². The molecule has 0 aliphatic heterocycles. The van der Waals surface area contributed by atoms with Crippen molar-refractivity contribution in [2.24, 2.45) is 0 Å². The third-order valence-corrected chi connectivity index (χ3v) is 13.9. The van der Waals surface area contributed by atoms with Gasteiger partial charge >= 0.3 is 0 Å². The molecule has 0 saturated heterocycles. The molecule has 1 aliphatic rings. The smallest absolute Gasteiger partial charge is 0.160 e. The minimum atomic E-state index is -0.516. The van der Waals surface area contributed by atoms with Crippen LogP contribution < -0.4 is 0 Å². The van der Waals surface area contributed by atoms with Gasteiger partial charge in [0.2, 0.25) is 0 Å². The van der Waals surface area contributed by atoms with Gasteiger partial charge in [-0.05, 0) is 112 Å². The standard InChI is InChI=1S/C65H42N2/c1-4-20-44(21-5-1)64-66-60(42-61(67-64)56-34-18-36-59-63(56)55-33-14-15-35-58(55)65(59,50-27-6-2-7-28-50)51-29-8-3-9-30-51)48-25-16-23-45(39-48)46-24-17-26-49(40-46)62-53-32-13-11-22-47(53)41-57-52-31-12-10-19-43(52)37-38-54(57)62/h1-42H. The fraction of sp³-hybridized carbons (Fsp3) is 0.0154. The maximum absolute atomic E-state index is 5.43. The van der Waals surface area contributed by atoms with Gasteiger partial charge in [-0.25, -0.2) is 9.97 Å². The van der Waals surface area contributed by atoms with Crippen LogP contribution >= 0.6 is 0 Å². The molecule has 312 valence electrons. The third kappa shape index (κ3) is 6.26. The van der Waals surface area contributed by atoms with Crippen molar-refractivity contribution in [2.75, 3.05) is 0 Å². The molecule has 0 saturated carbocycles. The molecule has 2 nitrogen and oxygen atoms in total. The molecule has 0 radical (unpaired) electrons. The van der Waals surface area contributed by atoms with Crippen molar-refractivity contribution < 1.29 is 0 Å². The number of aromatic nitrogens is 2. The van der Waals surface area contributed by atoms with E-state index in [1.807, 2.05) is 6.07 Å². The Balaban J connectivity index is 0.983. The molecule has 11 aromatic carbocycles. The largest absolute Gasteiger partial charge is 0.228 e. The van der Waals surface area contributed by atoms with Crippen molar-refractivity contribution >= 4 is 32.3 Å². The predicted molar refractivity (Wildman–Crippen MR) is 279 cm³/mol. The molecule has 0 amide bonds. The first-order valence-electron chi connectivity index (χ1n) is 23.1. The summed E-state index contributed by atoms with van der Waals surface area (Å²) in [5.74, 6) is 0.692. The normalized spacial score (nSPS) is 12.6. The van der Waals surface area contributed by atoms with Crippen molar-refractivity contribution in [1.29, 1.82) is 0 Å². The molecule has 13 rings (SSSR count). The number of benzene rings is 11. The minimum absolute atomic E-state index is 0.516. The van der Waals surface area contributed by atoms with Gasteiger partial charge in [0.15, 0.2) is 5.82 Å². The van der Waals surface area contributed by atoms with Crippen LogP contribution in [0.5, 0.6) is 0 Å². The lowest BCUT2D eigenvalue weighted by Crippen LogP contribution is -2.28. The average molecular weight is 851 g/mol. The van der Waals surface area contributed by atoms with Crippen LogP contribution in [-0.4, -0.2) is 9.97 Å². The summed E-state index contributed by atoms with van der Waals surface area (Å²) < 4.78 is 0. The number of rotatable bonds is 7. The van der Waals surface area contributed by atoms with E-state index in [0.717, 1.165) is 39.2 Å². The van der Waals surface area contributed by atoms with Crippen LogP contribution in [0.25, 0.3) is 99.6 Å². The second-order valence-electron chi connectivity index (χ2n) is 17.6. The molecule has 0 fully saturated rings. The van der Waals surface area contributed by atoms with Crippen LogP contribution in [0.2, 0.25) is 0 Å². The van der Waals surface area contributed by atoms with Gasteiger partial charge < -0.3 is 0 Å². The van der Waals surface area contributed by atoms with E-state index in [1.165, 1.54) is 76.8 Å². The van der Waals surface area contributed by atoms with Crippen LogP contribution in [0.1, 0.15) is 22.3 Å². The highest BCUT2D eigenvalue weighted by Gasteiger charge is 2.46. The molecule has 0 spiro atoms. The molecule has 0 unspecified atom stereocenters. The number of hydrogen-bond donors (Lipinski definition) is 0. The highest BCUT2D eigenvalue weighted by atomic mass is 14.9. The summed E-state index contributed by atoms with van der Waals surface area (Å²) in [7, 11) is 0. The van der Waals surface area contributed by atoms with Crippen LogP contribution in [0.3, 0.4) is 0 Å². The predicted octanol–water partition coefficient (Wildman–Crippen LogP) is 16.6. The molecular formula is C65H42N2. The van der Waals surface area contributed by atoms with E-state index in [0.29, 0.717) is 5.82 Å². The molecule has 1 heterocycles. The van der Waals surface area contributed by atoms with E-state index < -0.39 is 5.41 Å². The molecule has 1 aromatic heterocycles. The number of nitrogens with zero attached hydrogens (tertiary/aromatic N) is 2. The Bertz CT molecular complexity index is 3820. The first kappa shape index (κ1) is 38.7. The maximum Gasteiger partial charge on any atom is 0.160 e. The molecule has 1 aliphatic carbocycles. The lowest BCUT2D eigenvalue weighted by molar-refractivity contribution is 0.768. The summed E-state index contributed by atoms with van der Waals surface area (Å²) in [5, 5.41) is 7.53. The Morgan fingerprint density at radius 2 is 0.806 bits per heavy atom. The topological polar surface area (TPSA) is 25.8 Å². The van der Waals surface area contributed by atoms with Crippen molar-refractivity contribution in [1.82, 2.24) is 9.97 Å². The van der Waals surface area contributed by atoms with E-state index in [4.69, 9.17) is 9.97 Å². The summed E-state index contributed by atoms with van der Waals surface area (Å²) >= 11 is 0. The highest BCUT2D eigenvalue weighted by Crippen LogP contribution is 2.58. The third-order valence-electron chi connectivity index (χ3n) is 13.9. The van der Waals surface area contributed by atoms with Crippen molar-refractivity contribution in [3.05, 3.63) is 277 Å². The van der Waals surface area contributed by atoms with Gasteiger partial charge in [-0.1, -0.05) is 231 Å². The first-order chi connectivity index (χ1) is 33.2. The summed E-state index contributed by atoms with van der Waals surface area (Å²) in [5.41, 5.74) is 16.5. The Labute approximate surface area is 390 Å². The second kappa shape index (κ2) is 15.8. The molecule has 67 heavy (non-hydrogen) atoms. The lowest BCUT2D eigenvalue weighted by atomic mass is 9.67. The van der Waals surface area contributed by atoms with Gasteiger partial charge in [-0.15, -0.1) is 0 Å². The Hall–Kier alpha value is -8.72. The Morgan fingerprint density at radius 3 is 1.57 bits per heavy atom. The zero-order valence-corrected chi connectivity index (χ0v) is 36.6. The second-order valence-corrected chi connectivity index (χ2v) is 17.6. The minimum Gasteiger partial charge on any atom is -0.228 e. The summed E-state index contributed by atoms with van der Waals surface area (Å²) in [6.07, 6.45) is 0. The first-order valence-corrected chi connectivity index (χ1v) is 23.1. The van der Waals surface area contributed by atoms with Gasteiger partial charge in [-0.2, -0.15) is 0 Å². The van der Waals surface area contributed by atoms with Gasteiger partial charge in [-0.3, -0.25) is 0 Å². The molecule has 12 aromatic rings. The van der Waals surface area contributed by atoms with E-state index in [9.17, 15) is 0 Å². The van der Waals surface area contributed by atoms with Gasteiger partial charge in [0.1, 0.15) is 0 Å². The SMILES string of the molecule is c1ccc(-c2nc(-c3cccc(-c4cccc(-c5c6ccccc6cc6c5ccc5ccccc56)c4)c3)cc(-c3cccc4c3-c3ccccc3C4(c3ccccc3)c3ccccc3)n2)cc1. The van der Waals surface area contributed by atoms with Crippen molar-refractivity contribution in [2.45, 2.75) is 5.41 Å². The van der Waals surface area contributed by atoms with Crippen molar-refractivity contribution in [3.8, 4) is 67.3 Å². The number of fused-ring (bicyclic) bond motifs is 7. The molecule has 0 bridgehead atoms. The fourth-order valence-electron chi connectivity index (χ4n) is 11.0. The maximum atomic E-state index is 5.43. The number of hydrogen-bond acceptors (Lipinski definition) is 2. The Morgan fingerprint density at radius 1 is 0.269 bits per heavy atom. The fourth-order valence-corrected chi connectivity index (χ4v) is 11.0. The monoisotopic (exact) mass is 850 g/mol. The van der Waals surface area contributed by atoms with Gasteiger partial charge in [0, 0.05) is 16.7 Å². The molecule has 0 N–H and O–H groups in total. The lowest BCUT2D eigenvalue weighted by Gasteiger charge is -2.33. The van der Waals surface area contributed by atoms with E-state index in [-0.39, 0.29) is 0 Å². The summed E-state index contributed by atoms with van der Waals surface area (Å²) in [6, 6.07) is 92.5. The van der Waals surface area contributed by atoms with Gasteiger partial charge in [0.25, 0.3) is 0 Å². The zero-order chi connectivity index (χ0) is 44.3. The van der Waals surface area contributed by atoms with Crippen LogP contribution in [0.15, 0.2) is 255 Å². The van der Waals surface area contributed by atoms with Crippen molar-refractivity contribution in [3.63, 3.8) is 0 Å². The summed E-state index contributed by atoms with van der Waals surface area (Å²) in [4.78, 5) is 10.8. The molecule has 2 heteroatoms. The molecule has 0 atom stereocenters. The van der Waals surface area contributed by atoms with E-state index >= 15 is 0 Å². The van der Waals surface area contributed by atoms with Crippen LogP contribution in [-0.2, 0) is 5.41 Å². The molecular weight excluding hydrogens is 809 g/mol. The van der Waals surface area contributed by atoms with Crippen LogP contribution in [0.4, 0.5) is 0 Å². The summed E-state index contributed by atoms with van der Waals surface area (Å²) in [6.45, 7) is 0. The zero-order valence-electron chi connectivity index (χ0n) is 36.6. The quantitative estimate of drug-likeness (QED) is 0.118. The van der Waals surface area contributed by atoms with Crippen LogP contribution in [0, 0.1) is 0 Å². The van der Waals surface area contributed by atoms with Gasteiger partial charge in [0.05, 0.1) is 16.8 Å². The van der Waals surface area contributed by atoms with E-state index in [2.05, 4.69) is 249 Å². The Kier molecular flexibility index (Phi) is 9.11.